The molecule has 3 rings (SSSR count). The minimum absolute atomic E-state index is 0.0150. The van der Waals surface area contributed by atoms with Gasteiger partial charge < -0.3 is 15.0 Å². The van der Waals surface area contributed by atoms with Crippen LogP contribution in [0.1, 0.15) is 37.8 Å². The second kappa shape index (κ2) is 15.0. The molecule has 42 heavy (non-hydrogen) atoms. The molecule has 0 radical (unpaired) electrons. The van der Waals surface area contributed by atoms with E-state index in [1.54, 1.807) is 43.3 Å². The SMILES string of the molecule is CCCNC(=O)[C@@H](CC)N(Cc1ccc(Cl)c(Cl)c1)C(=O)CN(c1cc(Cl)ccc1OC)S(=O)(=O)c1ccc(C)cc1. The highest BCUT2D eigenvalue weighted by molar-refractivity contribution is 7.92. The Morgan fingerprint density at radius 3 is 2.24 bits per heavy atom. The van der Waals surface area contributed by atoms with Gasteiger partial charge in [0.15, 0.2) is 0 Å². The van der Waals surface area contributed by atoms with Crippen LogP contribution in [0.2, 0.25) is 15.1 Å². The first-order chi connectivity index (χ1) is 19.9. The second-order valence-electron chi connectivity index (χ2n) is 9.63. The van der Waals surface area contributed by atoms with E-state index < -0.39 is 28.5 Å². The van der Waals surface area contributed by atoms with Gasteiger partial charge in [-0.15, -0.1) is 0 Å². The summed E-state index contributed by atoms with van der Waals surface area (Å²) in [7, 11) is -2.90. The summed E-state index contributed by atoms with van der Waals surface area (Å²) in [6, 6.07) is 14.8. The summed E-state index contributed by atoms with van der Waals surface area (Å²) in [4.78, 5) is 28.7. The van der Waals surface area contributed by atoms with Gasteiger partial charge in [-0.05, 0) is 67.8 Å². The topological polar surface area (TPSA) is 96.0 Å². The summed E-state index contributed by atoms with van der Waals surface area (Å²) in [5.74, 6) is -0.759. The van der Waals surface area contributed by atoms with Gasteiger partial charge in [0.2, 0.25) is 11.8 Å². The number of ether oxygens (including phenoxy) is 1. The zero-order valence-corrected chi connectivity index (χ0v) is 26.9. The number of hydrogen-bond acceptors (Lipinski definition) is 5. The van der Waals surface area contributed by atoms with Crippen molar-refractivity contribution in [1.82, 2.24) is 10.2 Å². The van der Waals surface area contributed by atoms with Gasteiger partial charge in [-0.3, -0.25) is 13.9 Å². The number of carbonyl (C=O) groups is 2. The third-order valence-corrected chi connectivity index (χ3v) is 9.32. The van der Waals surface area contributed by atoms with Crippen molar-refractivity contribution in [3.63, 3.8) is 0 Å². The van der Waals surface area contributed by atoms with Gasteiger partial charge in [-0.2, -0.15) is 0 Å². The molecule has 0 saturated carbocycles. The number of nitrogens with one attached hydrogen (secondary N) is 1. The number of sulfonamides is 1. The van der Waals surface area contributed by atoms with Crippen molar-refractivity contribution in [2.45, 2.75) is 51.1 Å². The van der Waals surface area contributed by atoms with Gasteiger partial charge in [-0.25, -0.2) is 8.42 Å². The first-order valence-corrected chi connectivity index (χ1v) is 15.9. The average molecular weight is 655 g/mol. The molecule has 0 aliphatic carbocycles. The number of methoxy groups -OCH3 is 1. The van der Waals surface area contributed by atoms with Crippen LogP contribution in [0, 0.1) is 6.92 Å². The van der Waals surface area contributed by atoms with Crippen LogP contribution in [-0.2, 0) is 26.2 Å². The molecule has 1 atom stereocenters. The van der Waals surface area contributed by atoms with Crippen molar-refractivity contribution in [2.75, 3.05) is 24.5 Å². The number of aryl methyl sites for hydroxylation is 1. The second-order valence-corrected chi connectivity index (χ2v) is 12.7. The van der Waals surface area contributed by atoms with E-state index in [1.807, 2.05) is 13.8 Å². The summed E-state index contributed by atoms with van der Waals surface area (Å²) in [5, 5.41) is 3.73. The van der Waals surface area contributed by atoms with Gasteiger partial charge in [-0.1, -0.05) is 72.4 Å². The number of anilines is 1. The number of hydrogen-bond donors (Lipinski definition) is 1. The highest BCUT2D eigenvalue weighted by Gasteiger charge is 2.35. The van der Waals surface area contributed by atoms with E-state index in [0.29, 0.717) is 23.6 Å². The van der Waals surface area contributed by atoms with Crippen molar-refractivity contribution in [1.29, 1.82) is 0 Å². The van der Waals surface area contributed by atoms with Gasteiger partial charge in [0, 0.05) is 18.1 Å². The molecule has 0 aliphatic rings. The molecular weight excluding hydrogens is 621 g/mol. The van der Waals surface area contributed by atoms with Gasteiger partial charge >= 0.3 is 0 Å². The number of nitrogens with zero attached hydrogens (tertiary/aromatic N) is 2. The van der Waals surface area contributed by atoms with Crippen molar-refractivity contribution in [3.05, 3.63) is 86.9 Å². The molecule has 0 aromatic heterocycles. The van der Waals surface area contributed by atoms with E-state index >= 15 is 0 Å². The monoisotopic (exact) mass is 653 g/mol. The molecule has 0 heterocycles. The van der Waals surface area contributed by atoms with E-state index in [1.165, 1.54) is 36.3 Å². The van der Waals surface area contributed by atoms with Crippen LogP contribution < -0.4 is 14.4 Å². The predicted molar refractivity (Wildman–Crippen MR) is 168 cm³/mol. The molecule has 0 fully saturated rings. The molecule has 3 aromatic rings. The van der Waals surface area contributed by atoms with Crippen LogP contribution in [0.15, 0.2) is 65.6 Å². The number of amides is 2. The average Bonchev–Trinajstić information content (AvgIpc) is 2.96. The lowest BCUT2D eigenvalue weighted by molar-refractivity contribution is -0.140. The highest BCUT2D eigenvalue weighted by atomic mass is 35.5. The van der Waals surface area contributed by atoms with Crippen LogP contribution in [0.25, 0.3) is 0 Å². The maximum Gasteiger partial charge on any atom is 0.264 e. The Kier molecular flexibility index (Phi) is 11.9. The Balaban J connectivity index is 2.13. The van der Waals surface area contributed by atoms with Crippen molar-refractivity contribution >= 4 is 62.3 Å². The Labute approximate surface area is 262 Å². The molecule has 3 aromatic carbocycles. The van der Waals surface area contributed by atoms with Gasteiger partial charge in [0.1, 0.15) is 18.3 Å². The minimum Gasteiger partial charge on any atom is -0.495 e. The summed E-state index contributed by atoms with van der Waals surface area (Å²) < 4.78 is 34.6. The van der Waals surface area contributed by atoms with E-state index in [4.69, 9.17) is 39.5 Å². The van der Waals surface area contributed by atoms with Gasteiger partial charge in [0.25, 0.3) is 10.0 Å². The third-order valence-electron chi connectivity index (χ3n) is 6.57. The molecule has 8 nitrogen and oxygen atoms in total. The molecule has 0 aliphatic heterocycles. The molecule has 1 N–H and O–H groups in total. The van der Waals surface area contributed by atoms with Crippen molar-refractivity contribution in [3.8, 4) is 5.75 Å². The summed E-state index contributed by atoms with van der Waals surface area (Å²) in [6.07, 6.45) is 0.994. The van der Waals surface area contributed by atoms with Crippen molar-refractivity contribution < 1.29 is 22.7 Å². The first-order valence-electron chi connectivity index (χ1n) is 13.4. The highest BCUT2D eigenvalue weighted by Crippen LogP contribution is 2.35. The standard InChI is InChI=1S/C30H34Cl3N3O5S/c1-5-15-34-30(38)26(6-2)35(18-21-9-13-24(32)25(33)16-21)29(37)19-36(27-17-22(31)10-14-28(27)41-4)42(39,40)23-11-7-20(3)8-12-23/h7-14,16-17,26H,5-6,15,18-19H2,1-4H3,(H,34,38)/t26-/m1/s1. The minimum atomic E-state index is -4.29. The smallest absolute Gasteiger partial charge is 0.264 e. The van der Waals surface area contributed by atoms with Crippen LogP contribution in [0.4, 0.5) is 5.69 Å². The summed E-state index contributed by atoms with van der Waals surface area (Å²) >= 11 is 18.6. The maximum absolute atomic E-state index is 14.2. The quantitative estimate of drug-likeness (QED) is 0.227. The fourth-order valence-electron chi connectivity index (χ4n) is 4.33. The molecule has 0 bridgehead atoms. The van der Waals surface area contributed by atoms with Crippen LogP contribution in [-0.4, -0.2) is 51.4 Å². The van der Waals surface area contributed by atoms with Crippen LogP contribution in [0.5, 0.6) is 5.75 Å². The number of carbonyl (C=O) groups excluding carboxylic acids is 2. The van der Waals surface area contributed by atoms with E-state index in [9.17, 15) is 18.0 Å². The molecule has 2 amide bonds. The molecule has 12 heteroatoms. The largest absolute Gasteiger partial charge is 0.495 e. The molecule has 0 unspecified atom stereocenters. The van der Waals surface area contributed by atoms with Crippen LogP contribution in [0.3, 0.4) is 0 Å². The third kappa shape index (κ3) is 8.10. The first kappa shape index (κ1) is 33.5. The predicted octanol–water partition coefficient (Wildman–Crippen LogP) is 6.49. The zero-order valence-electron chi connectivity index (χ0n) is 23.9. The Bertz CT molecular complexity index is 1520. The molecule has 226 valence electrons. The Morgan fingerprint density at radius 2 is 1.64 bits per heavy atom. The lowest BCUT2D eigenvalue weighted by Crippen LogP contribution is -2.52. The Morgan fingerprint density at radius 1 is 0.952 bits per heavy atom. The maximum atomic E-state index is 14.2. The number of benzene rings is 3. The molecular formula is C30H34Cl3N3O5S. The number of rotatable bonds is 13. The van der Waals surface area contributed by atoms with Crippen LogP contribution >= 0.6 is 34.8 Å². The zero-order chi connectivity index (χ0) is 31.0. The lowest BCUT2D eigenvalue weighted by atomic mass is 10.1. The number of halogens is 3. The summed E-state index contributed by atoms with van der Waals surface area (Å²) in [5.41, 5.74) is 1.57. The lowest BCUT2D eigenvalue weighted by Gasteiger charge is -2.33. The normalized spacial score (nSPS) is 12.0. The molecule has 0 spiro atoms. The molecule has 0 saturated heterocycles. The van der Waals surface area contributed by atoms with E-state index in [2.05, 4.69) is 5.32 Å². The fourth-order valence-corrected chi connectivity index (χ4v) is 6.23. The van der Waals surface area contributed by atoms with E-state index in [0.717, 1.165) is 9.87 Å². The fraction of sp³-hybridized carbons (Fsp3) is 0.333. The summed E-state index contributed by atoms with van der Waals surface area (Å²) in [6.45, 7) is 5.33. The Hall–Kier alpha value is -2.98. The van der Waals surface area contributed by atoms with Crippen molar-refractivity contribution in [2.24, 2.45) is 0 Å². The van der Waals surface area contributed by atoms with Gasteiger partial charge in [0.05, 0.1) is 27.7 Å². The van der Waals surface area contributed by atoms with E-state index in [-0.39, 0.29) is 45.3 Å².